The van der Waals surface area contributed by atoms with Gasteiger partial charge in [0.15, 0.2) is 0 Å². The van der Waals surface area contributed by atoms with Crippen molar-refractivity contribution in [3.63, 3.8) is 0 Å². The second-order valence-corrected chi connectivity index (χ2v) is 3.50. The van der Waals surface area contributed by atoms with Crippen LogP contribution in [-0.2, 0) is 9.59 Å². The standard InChI is InChI=1S/C10H10N6O3/c11-9(19)16-15-8(18)7(17)14-10-12-5-3-1-2-4-6(5)13-10/h1-4H,(H,15,18)(H3,11,16,19)(H2,12,13,14,17). The van der Waals surface area contributed by atoms with Crippen LogP contribution in [0, 0.1) is 0 Å². The molecule has 19 heavy (non-hydrogen) atoms. The number of hydrazine groups is 1. The average molecular weight is 262 g/mol. The van der Waals surface area contributed by atoms with Gasteiger partial charge in [-0.1, -0.05) is 12.1 Å². The Morgan fingerprint density at radius 2 is 1.84 bits per heavy atom. The van der Waals surface area contributed by atoms with Crippen LogP contribution in [0.2, 0.25) is 0 Å². The maximum Gasteiger partial charge on any atom is 0.330 e. The second-order valence-electron chi connectivity index (χ2n) is 3.50. The van der Waals surface area contributed by atoms with Gasteiger partial charge < -0.3 is 10.7 Å². The van der Waals surface area contributed by atoms with Crippen molar-refractivity contribution in [1.82, 2.24) is 20.8 Å². The van der Waals surface area contributed by atoms with Crippen LogP contribution in [0.25, 0.3) is 11.0 Å². The molecule has 0 bridgehead atoms. The van der Waals surface area contributed by atoms with Gasteiger partial charge in [0.2, 0.25) is 5.95 Å². The van der Waals surface area contributed by atoms with Crippen molar-refractivity contribution in [2.75, 3.05) is 5.32 Å². The van der Waals surface area contributed by atoms with Gasteiger partial charge >= 0.3 is 17.8 Å². The van der Waals surface area contributed by atoms with Gasteiger partial charge in [-0.15, -0.1) is 0 Å². The molecular weight excluding hydrogens is 252 g/mol. The molecule has 1 aromatic carbocycles. The van der Waals surface area contributed by atoms with E-state index in [1.807, 2.05) is 5.43 Å². The third-order valence-corrected chi connectivity index (χ3v) is 2.13. The maximum atomic E-state index is 11.4. The van der Waals surface area contributed by atoms with E-state index in [-0.39, 0.29) is 5.95 Å². The lowest BCUT2D eigenvalue weighted by atomic mass is 10.3. The number of amides is 4. The van der Waals surface area contributed by atoms with E-state index in [4.69, 9.17) is 5.73 Å². The summed E-state index contributed by atoms with van der Waals surface area (Å²) >= 11 is 0. The number of anilines is 1. The Kier molecular flexibility index (Phi) is 3.28. The van der Waals surface area contributed by atoms with E-state index in [0.717, 1.165) is 0 Å². The summed E-state index contributed by atoms with van der Waals surface area (Å²) in [4.78, 5) is 39.9. The second kappa shape index (κ2) is 5.04. The van der Waals surface area contributed by atoms with Gasteiger partial charge in [-0.25, -0.2) is 15.2 Å². The number of imidazole rings is 1. The molecule has 0 unspecified atom stereocenters. The van der Waals surface area contributed by atoms with Gasteiger partial charge in [-0.2, -0.15) is 0 Å². The summed E-state index contributed by atoms with van der Waals surface area (Å²) in [6, 6.07) is 6.13. The Morgan fingerprint density at radius 3 is 2.53 bits per heavy atom. The fourth-order valence-electron chi connectivity index (χ4n) is 1.35. The van der Waals surface area contributed by atoms with E-state index in [0.29, 0.717) is 11.0 Å². The molecular formula is C10H10N6O3. The Morgan fingerprint density at radius 1 is 1.11 bits per heavy atom. The van der Waals surface area contributed by atoms with Crippen LogP contribution in [0.15, 0.2) is 24.3 Å². The topological polar surface area (TPSA) is 142 Å². The van der Waals surface area contributed by atoms with Crippen LogP contribution in [0.3, 0.4) is 0 Å². The molecule has 1 aromatic heterocycles. The minimum Gasteiger partial charge on any atom is -0.350 e. The molecule has 2 rings (SSSR count). The van der Waals surface area contributed by atoms with Gasteiger partial charge in [-0.3, -0.25) is 20.3 Å². The number of nitrogens with one attached hydrogen (secondary N) is 4. The Hall–Kier alpha value is -3.10. The maximum absolute atomic E-state index is 11.4. The molecule has 0 spiro atoms. The molecule has 0 aliphatic heterocycles. The quantitative estimate of drug-likeness (QED) is 0.338. The van der Waals surface area contributed by atoms with Gasteiger partial charge in [0.25, 0.3) is 0 Å². The lowest BCUT2D eigenvalue weighted by Crippen LogP contribution is -2.48. The fourth-order valence-corrected chi connectivity index (χ4v) is 1.35. The first kappa shape index (κ1) is 12.4. The number of carbonyl (C=O) groups excluding carboxylic acids is 3. The Labute approximate surface area is 106 Å². The summed E-state index contributed by atoms with van der Waals surface area (Å²) in [7, 11) is 0. The molecule has 0 fully saturated rings. The number of aromatic nitrogens is 2. The minimum atomic E-state index is -1.07. The smallest absolute Gasteiger partial charge is 0.330 e. The van der Waals surface area contributed by atoms with Gasteiger partial charge in [0, 0.05) is 0 Å². The first-order valence-corrected chi connectivity index (χ1v) is 5.18. The lowest BCUT2D eigenvalue weighted by molar-refractivity contribution is -0.136. The molecule has 2 aromatic rings. The monoisotopic (exact) mass is 262 g/mol. The summed E-state index contributed by atoms with van der Waals surface area (Å²) in [6.45, 7) is 0. The zero-order valence-corrected chi connectivity index (χ0v) is 9.56. The van der Waals surface area contributed by atoms with E-state index >= 15 is 0 Å². The summed E-state index contributed by atoms with van der Waals surface area (Å²) in [5.74, 6) is -1.94. The van der Waals surface area contributed by atoms with Crippen LogP contribution >= 0.6 is 0 Å². The van der Waals surface area contributed by atoms with Gasteiger partial charge in [-0.05, 0) is 12.1 Å². The van der Waals surface area contributed by atoms with Crippen molar-refractivity contribution >= 4 is 34.8 Å². The number of nitrogens with two attached hydrogens (primary N) is 1. The third kappa shape index (κ3) is 2.97. The van der Waals surface area contributed by atoms with Crippen LogP contribution < -0.4 is 21.9 Å². The van der Waals surface area contributed by atoms with Crippen LogP contribution in [-0.4, -0.2) is 27.8 Å². The Balaban J connectivity index is 2.02. The molecule has 0 saturated heterocycles. The summed E-state index contributed by atoms with van der Waals surface area (Å²) in [5, 5.41) is 2.25. The number of carbonyl (C=O) groups is 3. The molecule has 9 heteroatoms. The normalized spacial score (nSPS) is 9.89. The van der Waals surface area contributed by atoms with Gasteiger partial charge in [0.1, 0.15) is 0 Å². The molecule has 6 N–H and O–H groups in total. The van der Waals surface area contributed by atoms with E-state index in [1.54, 1.807) is 29.7 Å². The minimum absolute atomic E-state index is 0.125. The number of hydrogen-bond donors (Lipinski definition) is 5. The molecule has 9 nitrogen and oxygen atoms in total. The molecule has 0 aliphatic rings. The number of primary amides is 1. The van der Waals surface area contributed by atoms with Crippen molar-refractivity contribution in [2.45, 2.75) is 0 Å². The summed E-state index contributed by atoms with van der Waals surface area (Å²) in [5.41, 5.74) is 9.70. The van der Waals surface area contributed by atoms with Crippen LogP contribution in [0.5, 0.6) is 0 Å². The number of fused-ring (bicyclic) bond motifs is 1. The molecule has 0 atom stereocenters. The van der Waals surface area contributed by atoms with E-state index in [9.17, 15) is 14.4 Å². The first-order chi connectivity index (χ1) is 9.06. The highest BCUT2D eigenvalue weighted by Crippen LogP contribution is 2.12. The van der Waals surface area contributed by atoms with Crippen molar-refractivity contribution < 1.29 is 14.4 Å². The van der Waals surface area contributed by atoms with E-state index in [1.165, 1.54) is 0 Å². The highest BCUT2D eigenvalue weighted by Gasteiger charge is 2.15. The largest absolute Gasteiger partial charge is 0.350 e. The predicted octanol–water partition coefficient (Wildman–Crippen LogP) is -0.799. The lowest BCUT2D eigenvalue weighted by Gasteiger charge is -2.03. The molecule has 1 heterocycles. The number of nitrogens with zero attached hydrogens (tertiary/aromatic N) is 1. The average Bonchev–Trinajstić information content (AvgIpc) is 2.77. The number of H-pyrrole nitrogens is 1. The first-order valence-electron chi connectivity index (χ1n) is 5.18. The fraction of sp³-hybridized carbons (Fsp3) is 0. The van der Waals surface area contributed by atoms with Crippen molar-refractivity contribution in [3.8, 4) is 0 Å². The molecule has 0 aliphatic carbocycles. The number of rotatable bonds is 1. The van der Waals surface area contributed by atoms with Crippen molar-refractivity contribution in [1.29, 1.82) is 0 Å². The van der Waals surface area contributed by atoms with E-state index in [2.05, 4.69) is 15.3 Å². The van der Waals surface area contributed by atoms with Crippen LogP contribution in [0.4, 0.5) is 10.7 Å². The highest BCUT2D eigenvalue weighted by molar-refractivity contribution is 6.39. The zero-order chi connectivity index (χ0) is 13.8. The van der Waals surface area contributed by atoms with Crippen molar-refractivity contribution in [3.05, 3.63) is 24.3 Å². The molecule has 0 radical (unpaired) electrons. The summed E-state index contributed by atoms with van der Waals surface area (Å²) in [6.07, 6.45) is 0. The number of benzene rings is 1. The van der Waals surface area contributed by atoms with Crippen LogP contribution in [0.1, 0.15) is 0 Å². The zero-order valence-electron chi connectivity index (χ0n) is 9.56. The molecule has 4 amide bonds. The molecule has 98 valence electrons. The number of hydrogen-bond acceptors (Lipinski definition) is 4. The SMILES string of the molecule is NC(=O)NNC(=O)C(=O)Nc1nc2ccccc2[nH]1. The van der Waals surface area contributed by atoms with Gasteiger partial charge in [0.05, 0.1) is 11.0 Å². The molecule has 0 saturated carbocycles. The number of para-hydroxylation sites is 2. The predicted molar refractivity (Wildman–Crippen MR) is 65.6 cm³/mol. The Bertz CT molecular complexity index is 617. The van der Waals surface area contributed by atoms with E-state index < -0.39 is 17.8 Å². The van der Waals surface area contributed by atoms with Crippen molar-refractivity contribution in [2.24, 2.45) is 5.73 Å². The number of urea groups is 1. The third-order valence-electron chi connectivity index (χ3n) is 2.13. The summed E-state index contributed by atoms with van der Waals surface area (Å²) < 4.78 is 0. The highest BCUT2D eigenvalue weighted by atomic mass is 16.2. The number of aromatic amines is 1.